The molecule has 0 aromatic heterocycles. The number of carbonyl (C=O) groups is 2. The number of benzene rings is 2. The number of rotatable bonds is 5. The number of nitrogens with zero attached hydrogens (tertiary/aromatic N) is 2. The molecule has 1 fully saturated rings. The second-order valence-corrected chi connectivity index (χ2v) is 11.0. The highest BCUT2D eigenvalue weighted by Gasteiger charge is 2.53. The van der Waals surface area contributed by atoms with Gasteiger partial charge in [-0.25, -0.2) is 5.01 Å². The van der Waals surface area contributed by atoms with Crippen LogP contribution >= 0.6 is 0 Å². The van der Waals surface area contributed by atoms with E-state index in [1.54, 1.807) is 45.9 Å². The molecule has 1 aliphatic rings. The van der Waals surface area contributed by atoms with Crippen molar-refractivity contribution in [3.8, 4) is 5.75 Å². The molecule has 0 bridgehead atoms. The van der Waals surface area contributed by atoms with Gasteiger partial charge in [0, 0.05) is 22.8 Å². The minimum absolute atomic E-state index is 0.0320. The van der Waals surface area contributed by atoms with Gasteiger partial charge in [-0.05, 0) is 73.6 Å². The number of carbonyl (C=O) groups excluding carboxylic acids is 2. The van der Waals surface area contributed by atoms with Crippen molar-refractivity contribution in [2.75, 3.05) is 7.11 Å². The quantitative estimate of drug-likeness (QED) is 0.368. The molecule has 0 saturated carbocycles. The van der Waals surface area contributed by atoms with Gasteiger partial charge in [0.25, 0.3) is 17.5 Å². The predicted octanol–water partition coefficient (Wildman–Crippen LogP) is 3.80. The number of methoxy groups -OCH3 is 1. The minimum Gasteiger partial charge on any atom is -0.496 e. The summed E-state index contributed by atoms with van der Waals surface area (Å²) in [5, 5.41) is 13.2. The van der Waals surface area contributed by atoms with Crippen LogP contribution in [-0.4, -0.2) is 52.7 Å². The lowest BCUT2D eigenvalue weighted by molar-refractivity contribution is -0.383. The molecule has 2 aromatic rings. The number of nitro groups is 1. The van der Waals surface area contributed by atoms with Crippen LogP contribution in [0.5, 0.6) is 5.75 Å². The molecule has 1 saturated heterocycles. The van der Waals surface area contributed by atoms with E-state index in [0.717, 1.165) is 0 Å². The number of hydrogen-bond acceptors (Lipinski definition) is 7. The molecule has 10 nitrogen and oxygen atoms in total. The van der Waals surface area contributed by atoms with Gasteiger partial charge in [-0.1, -0.05) is 12.1 Å². The van der Waals surface area contributed by atoms with Gasteiger partial charge in [-0.15, -0.1) is 0 Å². The minimum atomic E-state index is -0.969. The molecule has 37 heavy (non-hydrogen) atoms. The average molecular weight is 511 g/mol. The first-order valence-electron chi connectivity index (χ1n) is 11.9. The summed E-state index contributed by atoms with van der Waals surface area (Å²) in [4.78, 5) is 38.1. The van der Waals surface area contributed by atoms with Crippen LogP contribution in [0.2, 0.25) is 0 Å². The Morgan fingerprint density at radius 2 is 1.68 bits per heavy atom. The van der Waals surface area contributed by atoms with E-state index in [1.165, 1.54) is 30.3 Å². The number of hydrazine groups is 1. The van der Waals surface area contributed by atoms with Crippen molar-refractivity contribution in [3.05, 3.63) is 63.2 Å². The maximum absolute atomic E-state index is 13.6. The van der Waals surface area contributed by atoms with E-state index in [1.807, 2.05) is 27.7 Å². The van der Waals surface area contributed by atoms with Gasteiger partial charge in [0.05, 0.1) is 34.2 Å². The molecule has 0 atom stereocenters. The molecule has 1 N–H and O–H groups in total. The van der Waals surface area contributed by atoms with E-state index >= 15 is 0 Å². The van der Waals surface area contributed by atoms with Crippen molar-refractivity contribution in [1.82, 2.24) is 10.4 Å². The maximum atomic E-state index is 13.6. The lowest BCUT2D eigenvalue weighted by Crippen LogP contribution is -2.56. The van der Waals surface area contributed by atoms with Gasteiger partial charge in [0.15, 0.2) is 0 Å². The zero-order chi connectivity index (χ0) is 27.9. The molecule has 198 valence electrons. The zero-order valence-electron chi connectivity index (χ0n) is 22.8. The van der Waals surface area contributed by atoms with Crippen LogP contribution in [0.1, 0.15) is 74.7 Å². The number of nitrogens with one attached hydrogen (secondary N) is 1. The zero-order valence-corrected chi connectivity index (χ0v) is 22.8. The Hall–Kier alpha value is -3.44. The van der Waals surface area contributed by atoms with Crippen LogP contribution in [0.4, 0.5) is 5.69 Å². The number of hydrogen-bond donors (Lipinski definition) is 1. The molecule has 0 spiro atoms. The van der Waals surface area contributed by atoms with E-state index in [-0.39, 0.29) is 16.7 Å². The first kappa shape index (κ1) is 28.1. The van der Waals surface area contributed by atoms with E-state index in [9.17, 15) is 19.7 Å². The summed E-state index contributed by atoms with van der Waals surface area (Å²) in [6, 6.07) is 9.16. The van der Waals surface area contributed by atoms with Crippen molar-refractivity contribution >= 4 is 30.1 Å². The maximum Gasteiger partial charge on any atom is 0.501 e. The molecule has 2 amide bonds. The van der Waals surface area contributed by atoms with Gasteiger partial charge in [0.1, 0.15) is 5.75 Å². The highest BCUT2D eigenvalue weighted by atomic mass is 16.7. The van der Waals surface area contributed by atoms with Gasteiger partial charge in [-0.3, -0.25) is 25.1 Å². The second-order valence-electron chi connectivity index (χ2n) is 11.0. The fraction of sp³-hybridized carbons (Fsp3) is 0.462. The SMILES string of the molecule is COc1cccc(C(=O)NN(C(=O)c2ccc(B3OC(C)(C)C(C)(C)O3)c([N+](=O)[O-])c2)C(C)(C)C)c1C. The van der Waals surface area contributed by atoms with Crippen LogP contribution < -0.4 is 15.6 Å². The van der Waals surface area contributed by atoms with Crippen LogP contribution in [0.15, 0.2) is 36.4 Å². The van der Waals surface area contributed by atoms with Crippen LogP contribution in [-0.2, 0) is 9.31 Å². The van der Waals surface area contributed by atoms with Gasteiger partial charge >= 0.3 is 7.12 Å². The number of nitro benzene ring substituents is 1. The van der Waals surface area contributed by atoms with Gasteiger partial charge in [-0.2, -0.15) is 0 Å². The molecule has 0 aliphatic carbocycles. The first-order chi connectivity index (χ1) is 17.0. The Morgan fingerprint density at radius 1 is 1.08 bits per heavy atom. The lowest BCUT2D eigenvalue weighted by atomic mass is 9.77. The van der Waals surface area contributed by atoms with Crippen molar-refractivity contribution < 1.29 is 28.6 Å². The standard InChI is InChI=1S/C26H34BN3O7/c1-16-18(11-10-12-21(16)35-9)22(31)28-29(24(2,3)4)23(32)17-13-14-19(20(15-17)30(33)34)27-36-25(5,6)26(7,8)37-27/h10-15H,1-9H3,(H,28,31). The van der Waals surface area contributed by atoms with E-state index in [2.05, 4.69) is 5.43 Å². The summed E-state index contributed by atoms with van der Waals surface area (Å²) in [7, 11) is 0.541. The second kappa shape index (κ2) is 9.79. The normalized spacial score (nSPS) is 16.3. The third kappa shape index (κ3) is 5.47. The van der Waals surface area contributed by atoms with Crippen molar-refractivity contribution in [2.45, 2.75) is 72.1 Å². The van der Waals surface area contributed by atoms with Crippen molar-refractivity contribution in [3.63, 3.8) is 0 Å². The van der Waals surface area contributed by atoms with Gasteiger partial charge < -0.3 is 14.0 Å². The Labute approximate surface area is 217 Å². The van der Waals surface area contributed by atoms with E-state index in [0.29, 0.717) is 16.9 Å². The average Bonchev–Trinajstić information content (AvgIpc) is 3.02. The largest absolute Gasteiger partial charge is 0.501 e. The van der Waals surface area contributed by atoms with Gasteiger partial charge in [0.2, 0.25) is 0 Å². The van der Waals surface area contributed by atoms with E-state index in [4.69, 9.17) is 14.0 Å². The Bertz CT molecular complexity index is 1220. The third-order valence-corrected chi connectivity index (χ3v) is 6.82. The Balaban J connectivity index is 1.96. The molecule has 1 heterocycles. The Morgan fingerprint density at radius 3 is 2.19 bits per heavy atom. The topological polar surface area (TPSA) is 120 Å². The van der Waals surface area contributed by atoms with Crippen LogP contribution in [0.25, 0.3) is 0 Å². The molecule has 11 heteroatoms. The summed E-state index contributed by atoms with van der Waals surface area (Å²) < 4.78 is 17.3. The lowest BCUT2D eigenvalue weighted by Gasteiger charge is -2.35. The monoisotopic (exact) mass is 511 g/mol. The molecular formula is C26H34BN3O7. The van der Waals surface area contributed by atoms with Crippen LogP contribution in [0.3, 0.4) is 0 Å². The number of amides is 2. The third-order valence-electron chi connectivity index (χ3n) is 6.82. The summed E-state index contributed by atoms with van der Waals surface area (Å²) in [5.74, 6) is -0.580. The summed E-state index contributed by atoms with van der Waals surface area (Å²) in [5.41, 5.74) is 1.33. The molecule has 1 aliphatic heterocycles. The summed E-state index contributed by atoms with van der Waals surface area (Å²) >= 11 is 0. The smallest absolute Gasteiger partial charge is 0.496 e. The molecule has 3 rings (SSSR count). The summed E-state index contributed by atoms with van der Waals surface area (Å²) in [6.07, 6.45) is 0. The first-order valence-corrected chi connectivity index (χ1v) is 11.9. The van der Waals surface area contributed by atoms with Crippen LogP contribution in [0, 0.1) is 17.0 Å². The molecule has 0 radical (unpaired) electrons. The Kier molecular flexibility index (Phi) is 7.45. The van der Waals surface area contributed by atoms with Crippen molar-refractivity contribution in [2.24, 2.45) is 0 Å². The fourth-order valence-corrected chi connectivity index (χ4v) is 3.90. The predicted molar refractivity (Wildman–Crippen MR) is 140 cm³/mol. The molecule has 0 unspecified atom stereocenters. The highest BCUT2D eigenvalue weighted by Crippen LogP contribution is 2.37. The highest BCUT2D eigenvalue weighted by molar-refractivity contribution is 6.63. The number of ether oxygens (including phenoxy) is 1. The van der Waals surface area contributed by atoms with Crippen molar-refractivity contribution in [1.29, 1.82) is 0 Å². The fourth-order valence-electron chi connectivity index (χ4n) is 3.90. The molecule has 2 aromatic carbocycles. The molecular weight excluding hydrogens is 477 g/mol. The summed E-state index contributed by atoms with van der Waals surface area (Å²) in [6.45, 7) is 14.4. The van der Waals surface area contributed by atoms with E-state index < -0.39 is 40.6 Å².